The quantitative estimate of drug-likeness (QED) is 0.561. The summed E-state index contributed by atoms with van der Waals surface area (Å²) in [5, 5.41) is 11.4. The first-order chi connectivity index (χ1) is 9.69. The molecule has 0 spiro atoms. The van der Waals surface area contributed by atoms with Crippen LogP contribution in [0.25, 0.3) is 0 Å². The fourth-order valence-electron chi connectivity index (χ4n) is 1.80. The molecular formula is C15H21NO4. The van der Waals surface area contributed by atoms with E-state index in [1.807, 2.05) is 0 Å². The van der Waals surface area contributed by atoms with E-state index in [-0.39, 0.29) is 12.5 Å². The Bertz CT molecular complexity index is 445. The standard InChI is InChI=1S/C15H21NO4/c1-20-15(19)13-8-6-7-12(11-13)14(18)16-9-4-2-3-5-10-17/h6-8,11,17H,2-5,9-10H2,1H3,(H,16,18). The highest BCUT2D eigenvalue weighted by atomic mass is 16.5. The fourth-order valence-corrected chi connectivity index (χ4v) is 1.80. The van der Waals surface area contributed by atoms with E-state index in [2.05, 4.69) is 10.1 Å². The Morgan fingerprint density at radius 2 is 1.85 bits per heavy atom. The number of unbranched alkanes of at least 4 members (excludes halogenated alkanes) is 3. The van der Waals surface area contributed by atoms with Crippen LogP contribution in [0.1, 0.15) is 46.4 Å². The molecule has 0 saturated heterocycles. The van der Waals surface area contributed by atoms with E-state index >= 15 is 0 Å². The lowest BCUT2D eigenvalue weighted by molar-refractivity contribution is 0.0600. The van der Waals surface area contributed by atoms with E-state index in [9.17, 15) is 9.59 Å². The first-order valence-electron chi connectivity index (χ1n) is 6.76. The van der Waals surface area contributed by atoms with Crippen molar-refractivity contribution in [2.24, 2.45) is 0 Å². The summed E-state index contributed by atoms with van der Waals surface area (Å²) in [4.78, 5) is 23.3. The lowest BCUT2D eigenvalue weighted by Gasteiger charge is -2.06. The maximum atomic E-state index is 11.9. The van der Waals surface area contributed by atoms with Crippen LogP contribution in [0.3, 0.4) is 0 Å². The van der Waals surface area contributed by atoms with E-state index in [0.717, 1.165) is 25.7 Å². The van der Waals surface area contributed by atoms with Crippen LogP contribution in [0.5, 0.6) is 0 Å². The van der Waals surface area contributed by atoms with Gasteiger partial charge in [0, 0.05) is 18.7 Å². The van der Waals surface area contributed by atoms with Crippen molar-refractivity contribution in [3.05, 3.63) is 35.4 Å². The Hall–Kier alpha value is -1.88. The van der Waals surface area contributed by atoms with Crippen LogP contribution in [0.2, 0.25) is 0 Å². The molecule has 0 aliphatic rings. The molecule has 0 saturated carbocycles. The van der Waals surface area contributed by atoms with Crippen molar-refractivity contribution in [2.45, 2.75) is 25.7 Å². The molecule has 0 aliphatic heterocycles. The topological polar surface area (TPSA) is 75.6 Å². The van der Waals surface area contributed by atoms with Gasteiger partial charge >= 0.3 is 5.97 Å². The first-order valence-corrected chi connectivity index (χ1v) is 6.76. The molecule has 5 heteroatoms. The summed E-state index contributed by atoms with van der Waals surface area (Å²) in [6, 6.07) is 6.44. The normalized spacial score (nSPS) is 10.1. The predicted octanol–water partition coefficient (Wildman–Crippen LogP) is 1.76. The fraction of sp³-hybridized carbons (Fsp3) is 0.467. The van der Waals surface area contributed by atoms with E-state index in [1.165, 1.54) is 13.2 Å². The lowest BCUT2D eigenvalue weighted by Crippen LogP contribution is -2.24. The molecule has 0 aliphatic carbocycles. The zero-order valence-electron chi connectivity index (χ0n) is 11.7. The number of nitrogens with one attached hydrogen (secondary N) is 1. The number of hydrogen-bond acceptors (Lipinski definition) is 4. The Kier molecular flexibility index (Phi) is 7.35. The lowest BCUT2D eigenvalue weighted by atomic mass is 10.1. The van der Waals surface area contributed by atoms with Crippen molar-refractivity contribution in [3.63, 3.8) is 0 Å². The maximum absolute atomic E-state index is 11.9. The van der Waals surface area contributed by atoms with E-state index in [4.69, 9.17) is 5.11 Å². The number of carbonyl (C=O) groups is 2. The molecule has 1 aromatic rings. The number of aliphatic hydroxyl groups is 1. The van der Waals surface area contributed by atoms with E-state index < -0.39 is 5.97 Å². The molecule has 110 valence electrons. The number of carbonyl (C=O) groups excluding carboxylic acids is 2. The SMILES string of the molecule is COC(=O)c1cccc(C(=O)NCCCCCCO)c1. The zero-order chi connectivity index (χ0) is 14.8. The minimum absolute atomic E-state index is 0.196. The summed E-state index contributed by atoms with van der Waals surface area (Å²) in [7, 11) is 1.31. The third-order valence-corrected chi connectivity index (χ3v) is 2.92. The molecule has 5 nitrogen and oxygen atoms in total. The average Bonchev–Trinajstić information content (AvgIpc) is 2.49. The number of hydrogen-bond donors (Lipinski definition) is 2. The molecular weight excluding hydrogens is 258 g/mol. The smallest absolute Gasteiger partial charge is 0.337 e. The van der Waals surface area contributed by atoms with E-state index in [1.54, 1.807) is 18.2 Å². The Morgan fingerprint density at radius 3 is 2.55 bits per heavy atom. The highest BCUT2D eigenvalue weighted by molar-refractivity contribution is 5.97. The van der Waals surface area contributed by atoms with Gasteiger partial charge in [-0.1, -0.05) is 18.9 Å². The van der Waals surface area contributed by atoms with Crippen molar-refractivity contribution in [1.29, 1.82) is 0 Å². The van der Waals surface area contributed by atoms with Crippen LogP contribution in [-0.2, 0) is 4.74 Å². The molecule has 0 aromatic heterocycles. The first kappa shape index (κ1) is 16.2. The largest absolute Gasteiger partial charge is 0.465 e. The molecule has 1 rings (SSSR count). The molecule has 0 fully saturated rings. The summed E-state index contributed by atoms with van der Waals surface area (Å²) in [5.41, 5.74) is 0.811. The van der Waals surface area contributed by atoms with Crippen LogP contribution < -0.4 is 5.32 Å². The van der Waals surface area contributed by atoms with Crippen LogP contribution in [0, 0.1) is 0 Å². The molecule has 0 heterocycles. The van der Waals surface area contributed by atoms with Crippen LogP contribution in [-0.4, -0.2) is 37.2 Å². The average molecular weight is 279 g/mol. The van der Waals surface area contributed by atoms with Crippen LogP contribution in [0.15, 0.2) is 24.3 Å². The van der Waals surface area contributed by atoms with Gasteiger partial charge in [0.25, 0.3) is 5.91 Å². The van der Waals surface area contributed by atoms with Crippen molar-refractivity contribution in [3.8, 4) is 0 Å². The number of benzene rings is 1. The third kappa shape index (κ3) is 5.40. The van der Waals surface area contributed by atoms with Gasteiger partial charge in [-0.15, -0.1) is 0 Å². The molecule has 1 amide bonds. The van der Waals surface area contributed by atoms with Crippen molar-refractivity contribution >= 4 is 11.9 Å². The van der Waals surface area contributed by atoms with Gasteiger partial charge in [-0.05, 0) is 31.0 Å². The summed E-state index contributed by atoms with van der Waals surface area (Å²) >= 11 is 0. The highest BCUT2D eigenvalue weighted by Gasteiger charge is 2.09. The minimum atomic E-state index is -0.455. The molecule has 20 heavy (non-hydrogen) atoms. The zero-order valence-corrected chi connectivity index (χ0v) is 11.7. The van der Waals surface area contributed by atoms with Gasteiger partial charge in [-0.3, -0.25) is 4.79 Å². The summed E-state index contributed by atoms with van der Waals surface area (Å²) < 4.78 is 4.62. The highest BCUT2D eigenvalue weighted by Crippen LogP contribution is 2.07. The maximum Gasteiger partial charge on any atom is 0.337 e. The van der Waals surface area contributed by atoms with Gasteiger partial charge in [-0.25, -0.2) is 4.79 Å². The number of ether oxygens (including phenoxy) is 1. The summed E-state index contributed by atoms with van der Waals surface area (Å²) in [6.07, 6.45) is 3.62. The van der Waals surface area contributed by atoms with E-state index in [0.29, 0.717) is 17.7 Å². The van der Waals surface area contributed by atoms with Crippen molar-refractivity contribution in [1.82, 2.24) is 5.32 Å². The van der Waals surface area contributed by atoms with Gasteiger partial charge in [-0.2, -0.15) is 0 Å². The number of rotatable bonds is 8. The summed E-state index contributed by atoms with van der Waals surface area (Å²) in [6.45, 7) is 0.805. The second kappa shape index (κ2) is 9.09. The molecule has 0 bridgehead atoms. The molecule has 0 radical (unpaired) electrons. The Morgan fingerprint density at radius 1 is 1.15 bits per heavy atom. The number of amides is 1. The van der Waals surface area contributed by atoms with Gasteiger partial charge in [0.05, 0.1) is 12.7 Å². The third-order valence-electron chi connectivity index (χ3n) is 2.92. The molecule has 2 N–H and O–H groups in total. The van der Waals surface area contributed by atoms with Crippen LogP contribution >= 0.6 is 0 Å². The van der Waals surface area contributed by atoms with Gasteiger partial charge in [0.1, 0.15) is 0 Å². The Labute approximate surface area is 118 Å². The molecule has 0 atom stereocenters. The summed E-state index contributed by atoms with van der Waals surface area (Å²) in [5.74, 6) is -0.651. The Balaban J connectivity index is 2.41. The van der Waals surface area contributed by atoms with Gasteiger partial charge in [0.15, 0.2) is 0 Å². The second-order valence-corrected chi connectivity index (χ2v) is 4.47. The predicted molar refractivity (Wildman–Crippen MR) is 75.7 cm³/mol. The molecule has 1 aromatic carbocycles. The second-order valence-electron chi connectivity index (χ2n) is 4.47. The van der Waals surface area contributed by atoms with Gasteiger partial charge in [0.2, 0.25) is 0 Å². The molecule has 0 unspecified atom stereocenters. The van der Waals surface area contributed by atoms with Gasteiger partial charge < -0.3 is 15.2 Å². The number of methoxy groups -OCH3 is 1. The number of aliphatic hydroxyl groups excluding tert-OH is 1. The van der Waals surface area contributed by atoms with Crippen molar-refractivity contribution < 1.29 is 19.4 Å². The monoisotopic (exact) mass is 279 g/mol. The number of esters is 1. The van der Waals surface area contributed by atoms with Crippen LogP contribution in [0.4, 0.5) is 0 Å². The van der Waals surface area contributed by atoms with Crippen molar-refractivity contribution in [2.75, 3.05) is 20.3 Å². The minimum Gasteiger partial charge on any atom is -0.465 e.